The predicted octanol–water partition coefficient (Wildman–Crippen LogP) is 3.46. The van der Waals surface area contributed by atoms with Crippen LogP contribution in [0.3, 0.4) is 0 Å². The maximum Gasteiger partial charge on any atom is 0.246 e. The molecule has 0 aliphatic carbocycles. The Morgan fingerprint density at radius 1 is 1.24 bits per heavy atom. The van der Waals surface area contributed by atoms with Gasteiger partial charge >= 0.3 is 0 Å². The molecule has 0 spiro atoms. The summed E-state index contributed by atoms with van der Waals surface area (Å²) in [6.07, 6.45) is 1.21. The van der Waals surface area contributed by atoms with Crippen LogP contribution >= 0.6 is 11.6 Å². The second-order valence-electron chi connectivity index (χ2n) is 7.47. The number of rotatable bonds is 6. The zero-order valence-corrected chi connectivity index (χ0v) is 18.1. The second kappa shape index (κ2) is 8.73. The molecule has 2 aromatic rings. The molecule has 2 aromatic carbocycles. The van der Waals surface area contributed by atoms with Gasteiger partial charge in [-0.05, 0) is 43.5 Å². The topological polar surface area (TPSA) is 75.7 Å². The lowest BCUT2D eigenvalue weighted by Gasteiger charge is -2.38. The number of benzene rings is 2. The van der Waals surface area contributed by atoms with Crippen molar-refractivity contribution >= 4 is 27.5 Å². The molecule has 6 nitrogen and oxygen atoms in total. The van der Waals surface area contributed by atoms with Crippen molar-refractivity contribution in [2.75, 3.05) is 20.2 Å². The summed E-state index contributed by atoms with van der Waals surface area (Å²) >= 11 is 6.02. The number of hydrogen-bond acceptors (Lipinski definition) is 4. The summed E-state index contributed by atoms with van der Waals surface area (Å²) in [4.78, 5) is 12.9. The van der Waals surface area contributed by atoms with E-state index >= 15 is 0 Å². The first-order valence-electron chi connectivity index (χ1n) is 9.42. The highest BCUT2D eigenvalue weighted by Crippen LogP contribution is 2.36. The van der Waals surface area contributed by atoms with Crippen LogP contribution in [-0.4, -0.2) is 38.8 Å². The van der Waals surface area contributed by atoms with E-state index in [4.69, 9.17) is 16.3 Å². The van der Waals surface area contributed by atoms with Gasteiger partial charge in [-0.2, -0.15) is 4.31 Å². The molecule has 29 heavy (non-hydrogen) atoms. The minimum Gasteiger partial charge on any atom is -0.495 e. The number of nitrogens with one attached hydrogen (secondary N) is 1. The summed E-state index contributed by atoms with van der Waals surface area (Å²) in [6.45, 7) is 2.67. The van der Waals surface area contributed by atoms with Crippen LogP contribution in [0.2, 0.25) is 5.02 Å². The Morgan fingerprint density at radius 3 is 2.66 bits per heavy atom. The molecular weight excluding hydrogens is 412 g/mol. The highest BCUT2D eigenvalue weighted by Gasteiger charge is 2.42. The van der Waals surface area contributed by atoms with Crippen LogP contribution in [0.5, 0.6) is 5.75 Å². The van der Waals surface area contributed by atoms with E-state index in [2.05, 4.69) is 5.32 Å². The number of carbonyl (C=O) groups is 1. The monoisotopic (exact) mass is 436 g/mol. The van der Waals surface area contributed by atoms with Crippen LogP contribution in [-0.2, 0) is 21.4 Å². The number of hydrogen-bond donors (Lipinski definition) is 1. The summed E-state index contributed by atoms with van der Waals surface area (Å²) in [5.74, 6) is 0.0783. The molecule has 1 aliphatic heterocycles. The largest absolute Gasteiger partial charge is 0.495 e. The van der Waals surface area contributed by atoms with Gasteiger partial charge in [0.2, 0.25) is 15.9 Å². The Labute approximate surface area is 176 Å². The zero-order chi connectivity index (χ0) is 21.1. The van der Waals surface area contributed by atoms with Crippen molar-refractivity contribution in [3.05, 3.63) is 59.1 Å². The van der Waals surface area contributed by atoms with Crippen LogP contribution in [0.15, 0.2) is 53.4 Å². The number of piperidine rings is 1. The average Bonchev–Trinajstić information content (AvgIpc) is 2.72. The van der Waals surface area contributed by atoms with Crippen LogP contribution in [0.25, 0.3) is 0 Å². The molecule has 1 atom stereocenters. The third-order valence-electron chi connectivity index (χ3n) is 5.25. The minimum atomic E-state index is -3.86. The van der Waals surface area contributed by atoms with E-state index in [1.807, 2.05) is 37.3 Å². The summed E-state index contributed by atoms with van der Waals surface area (Å²) in [6, 6.07) is 14.1. The summed E-state index contributed by atoms with van der Waals surface area (Å²) in [5.41, 5.74) is 0.180. The highest BCUT2D eigenvalue weighted by atomic mass is 35.5. The van der Waals surface area contributed by atoms with E-state index in [1.165, 1.54) is 23.5 Å². The van der Waals surface area contributed by atoms with Gasteiger partial charge < -0.3 is 10.1 Å². The summed E-state index contributed by atoms with van der Waals surface area (Å²) in [5, 5.41) is 3.26. The Kier molecular flexibility index (Phi) is 6.51. The van der Waals surface area contributed by atoms with Crippen molar-refractivity contribution in [2.45, 2.75) is 31.2 Å². The third-order valence-corrected chi connectivity index (χ3v) is 7.35. The van der Waals surface area contributed by atoms with E-state index in [0.717, 1.165) is 5.56 Å². The molecule has 156 valence electrons. The zero-order valence-electron chi connectivity index (χ0n) is 16.5. The Hall–Kier alpha value is -2.09. The number of nitrogens with zero attached hydrogens (tertiary/aromatic N) is 1. The number of sulfonamides is 1. The van der Waals surface area contributed by atoms with Crippen molar-refractivity contribution in [3.8, 4) is 5.75 Å². The van der Waals surface area contributed by atoms with Gasteiger partial charge in [0, 0.05) is 24.7 Å². The average molecular weight is 437 g/mol. The molecule has 1 fully saturated rings. The molecule has 0 unspecified atom stereocenters. The van der Waals surface area contributed by atoms with Crippen LogP contribution in [0.1, 0.15) is 25.3 Å². The van der Waals surface area contributed by atoms with Gasteiger partial charge in [0.15, 0.2) is 0 Å². The van der Waals surface area contributed by atoms with Gasteiger partial charge in [-0.1, -0.05) is 41.9 Å². The molecule has 0 radical (unpaired) electrons. The molecule has 8 heteroatoms. The lowest BCUT2D eigenvalue weighted by molar-refractivity contribution is -0.132. The molecule has 0 bridgehead atoms. The molecule has 1 N–H and O–H groups in total. The van der Waals surface area contributed by atoms with Crippen LogP contribution in [0, 0.1) is 5.41 Å². The first-order chi connectivity index (χ1) is 13.8. The fourth-order valence-electron chi connectivity index (χ4n) is 3.57. The van der Waals surface area contributed by atoms with Crippen LogP contribution < -0.4 is 10.1 Å². The Bertz CT molecular complexity index is 981. The molecule has 1 aliphatic rings. The lowest BCUT2D eigenvalue weighted by atomic mass is 9.82. The second-order valence-corrected chi connectivity index (χ2v) is 9.81. The van der Waals surface area contributed by atoms with Crippen molar-refractivity contribution in [1.82, 2.24) is 9.62 Å². The third kappa shape index (κ3) is 4.74. The van der Waals surface area contributed by atoms with E-state index in [-0.39, 0.29) is 23.1 Å². The minimum absolute atomic E-state index is 0.0152. The van der Waals surface area contributed by atoms with Crippen molar-refractivity contribution < 1.29 is 17.9 Å². The van der Waals surface area contributed by atoms with Gasteiger partial charge in [0.25, 0.3) is 0 Å². The van der Waals surface area contributed by atoms with Gasteiger partial charge in [0.05, 0.1) is 12.5 Å². The first kappa shape index (κ1) is 21.6. The lowest BCUT2D eigenvalue weighted by Crippen LogP contribution is -2.51. The summed E-state index contributed by atoms with van der Waals surface area (Å²) in [7, 11) is -2.44. The van der Waals surface area contributed by atoms with E-state index < -0.39 is 15.4 Å². The van der Waals surface area contributed by atoms with Crippen molar-refractivity contribution in [3.63, 3.8) is 0 Å². The van der Waals surface area contributed by atoms with Gasteiger partial charge in [-0.3, -0.25) is 4.79 Å². The Morgan fingerprint density at radius 2 is 1.97 bits per heavy atom. The fourth-order valence-corrected chi connectivity index (χ4v) is 5.59. The maximum atomic E-state index is 13.3. The smallest absolute Gasteiger partial charge is 0.246 e. The maximum absolute atomic E-state index is 13.3. The molecule has 1 heterocycles. The number of methoxy groups -OCH3 is 1. The normalized spacial score (nSPS) is 20.2. The van der Waals surface area contributed by atoms with E-state index in [9.17, 15) is 13.2 Å². The van der Waals surface area contributed by atoms with Gasteiger partial charge in [-0.15, -0.1) is 0 Å². The van der Waals surface area contributed by atoms with E-state index in [1.54, 1.807) is 6.07 Å². The standard InChI is InChI=1S/C21H25ClN2O4S/c1-21(20(25)23-14-16-7-4-3-5-8-16)11-6-12-24(15-21)29(26,27)19-13-17(22)9-10-18(19)28-2/h3-5,7-10,13H,6,11-12,14-15H2,1-2H3,(H,23,25)/t21-/m1/s1. The summed E-state index contributed by atoms with van der Waals surface area (Å²) < 4.78 is 33.1. The number of halogens is 1. The fraction of sp³-hybridized carbons (Fsp3) is 0.381. The Balaban J connectivity index is 1.78. The molecule has 0 saturated carbocycles. The molecule has 3 rings (SSSR count). The SMILES string of the molecule is COc1ccc(Cl)cc1S(=O)(=O)N1CCC[C@@](C)(C(=O)NCc2ccccc2)C1. The first-order valence-corrected chi connectivity index (χ1v) is 11.2. The predicted molar refractivity (Wildman–Crippen MR) is 112 cm³/mol. The van der Waals surface area contributed by atoms with Crippen LogP contribution in [0.4, 0.5) is 0 Å². The van der Waals surface area contributed by atoms with Gasteiger partial charge in [0.1, 0.15) is 10.6 Å². The number of amides is 1. The molecule has 1 saturated heterocycles. The molecular formula is C21H25ClN2O4S. The number of carbonyl (C=O) groups excluding carboxylic acids is 1. The molecule has 0 aromatic heterocycles. The van der Waals surface area contributed by atoms with Crippen molar-refractivity contribution in [2.24, 2.45) is 5.41 Å². The quantitative estimate of drug-likeness (QED) is 0.752. The highest BCUT2D eigenvalue weighted by molar-refractivity contribution is 7.89. The van der Waals surface area contributed by atoms with Crippen molar-refractivity contribution in [1.29, 1.82) is 0 Å². The molecule has 1 amide bonds. The van der Waals surface area contributed by atoms with Gasteiger partial charge in [-0.25, -0.2) is 8.42 Å². The van der Waals surface area contributed by atoms with E-state index in [0.29, 0.717) is 31.0 Å². The number of ether oxygens (including phenoxy) is 1.